The zero-order chi connectivity index (χ0) is 21.0. The molecule has 0 aromatic heterocycles. The highest BCUT2D eigenvalue weighted by atomic mass is 79.9. The lowest BCUT2D eigenvalue weighted by Gasteiger charge is -2.23. The molecule has 0 fully saturated rings. The Kier molecular flexibility index (Phi) is 20.4. The smallest absolute Gasteiger partial charge is 0.246 e. The van der Waals surface area contributed by atoms with Crippen molar-refractivity contribution in [1.82, 2.24) is 4.90 Å². The number of amides is 1. The highest BCUT2D eigenvalue weighted by Gasteiger charge is 2.11. The highest BCUT2D eigenvalue weighted by Crippen LogP contribution is 2.11. The third-order valence-corrected chi connectivity index (χ3v) is 5.34. The van der Waals surface area contributed by atoms with Crippen LogP contribution in [0.25, 0.3) is 0 Å². The Morgan fingerprint density at radius 3 is 2.13 bits per heavy atom. The van der Waals surface area contributed by atoms with Crippen molar-refractivity contribution in [3.63, 3.8) is 0 Å². The third-order valence-electron chi connectivity index (χ3n) is 5.34. The molecule has 4 nitrogen and oxygen atoms in total. The van der Waals surface area contributed by atoms with Crippen molar-refractivity contribution in [2.24, 2.45) is 5.73 Å². The molecule has 0 aromatic carbocycles. The normalized spacial score (nSPS) is 13.5. The van der Waals surface area contributed by atoms with E-state index in [4.69, 9.17) is 10.5 Å². The van der Waals surface area contributed by atoms with Gasteiger partial charge in [-0.2, -0.15) is 0 Å². The number of nitrogens with zero attached hydrogens (tertiary/aromatic N) is 1. The first-order chi connectivity index (χ1) is 14.2. The third kappa shape index (κ3) is 16.7. The van der Waals surface area contributed by atoms with Crippen molar-refractivity contribution >= 4 is 22.9 Å². The summed E-state index contributed by atoms with van der Waals surface area (Å²) in [4.78, 5) is 13.2. The maximum absolute atomic E-state index is 11.2. The second kappa shape index (κ2) is 21.2. The van der Waals surface area contributed by atoms with Crippen LogP contribution in [0.3, 0.4) is 0 Å². The molecule has 30 heavy (non-hydrogen) atoms. The summed E-state index contributed by atoms with van der Waals surface area (Å²) in [5, 5.41) is 0. The number of hydrogen-bond donors (Lipinski definition) is 1. The van der Waals surface area contributed by atoms with Gasteiger partial charge >= 0.3 is 0 Å². The number of carbonyl (C=O) groups is 1. The summed E-state index contributed by atoms with van der Waals surface area (Å²) in [6, 6.07) is 0. The minimum atomic E-state index is -0.354. The number of allylic oxidation sites excluding steroid dienone is 4. The van der Waals surface area contributed by atoms with Crippen LogP contribution in [0.1, 0.15) is 96.8 Å². The Morgan fingerprint density at radius 2 is 1.53 bits per heavy atom. The van der Waals surface area contributed by atoms with E-state index in [0.717, 1.165) is 13.0 Å². The minimum absolute atomic E-state index is 0. The van der Waals surface area contributed by atoms with Crippen LogP contribution in [-0.4, -0.2) is 30.7 Å². The van der Waals surface area contributed by atoms with Crippen LogP contribution in [-0.2, 0) is 9.53 Å². The summed E-state index contributed by atoms with van der Waals surface area (Å²) in [5.74, 6) is -0.354. The zero-order valence-corrected chi connectivity index (χ0v) is 20.9. The molecule has 1 rings (SSSR count). The van der Waals surface area contributed by atoms with Crippen LogP contribution in [0.15, 0.2) is 36.1 Å². The van der Waals surface area contributed by atoms with E-state index < -0.39 is 0 Å². The van der Waals surface area contributed by atoms with Gasteiger partial charge in [0, 0.05) is 18.4 Å². The zero-order valence-electron chi connectivity index (χ0n) is 19.2. The lowest BCUT2D eigenvalue weighted by Crippen LogP contribution is -2.30. The molecule has 1 amide bonds. The van der Waals surface area contributed by atoms with Gasteiger partial charge < -0.3 is 15.4 Å². The van der Waals surface area contributed by atoms with Gasteiger partial charge in [0.05, 0.1) is 6.54 Å². The summed E-state index contributed by atoms with van der Waals surface area (Å²) in [6.07, 6.45) is 28.8. The highest BCUT2D eigenvalue weighted by molar-refractivity contribution is 8.93. The predicted octanol–water partition coefficient (Wildman–Crippen LogP) is 6.82. The lowest BCUT2D eigenvalue weighted by atomic mass is 10.1. The van der Waals surface area contributed by atoms with Gasteiger partial charge in [-0.1, -0.05) is 82.9 Å². The maximum Gasteiger partial charge on any atom is 0.246 e. The molecule has 2 N–H and O–H groups in total. The first-order valence-electron chi connectivity index (χ1n) is 11.9. The van der Waals surface area contributed by atoms with E-state index in [-0.39, 0.29) is 22.9 Å². The molecule has 0 aromatic rings. The van der Waals surface area contributed by atoms with E-state index in [1.54, 1.807) is 6.08 Å². The molecular formula is C25H45BrN2O2. The van der Waals surface area contributed by atoms with Gasteiger partial charge in [-0.15, -0.1) is 17.0 Å². The molecule has 0 radical (unpaired) electrons. The van der Waals surface area contributed by atoms with Gasteiger partial charge in [0.25, 0.3) is 0 Å². The largest absolute Gasteiger partial charge is 0.366 e. The minimum Gasteiger partial charge on any atom is -0.366 e. The number of hydrogen-bond acceptors (Lipinski definition) is 3. The van der Waals surface area contributed by atoms with Crippen LogP contribution in [0, 0.1) is 0 Å². The molecular weight excluding hydrogens is 440 g/mol. The van der Waals surface area contributed by atoms with Gasteiger partial charge in [-0.25, -0.2) is 0 Å². The topological polar surface area (TPSA) is 55.6 Å². The molecule has 174 valence electrons. The van der Waals surface area contributed by atoms with Gasteiger partial charge in [0.15, 0.2) is 0 Å². The number of unbranched alkanes of at least 4 members (excludes halogenated alkanes) is 12. The Morgan fingerprint density at radius 1 is 0.967 bits per heavy atom. The fraction of sp³-hybridized carbons (Fsp3) is 0.720. The SMILES string of the molecule is Br.CCCCCCCCC=CCCCCCCCCOCN1C=CC=C(C(N)=O)C1. The molecule has 1 aliphatic heterocycles. The summed E-state index contributed by atoms with van der Waals surface area (Å²) in [5.41, 5.74) is 5.95. The molecule has 1 heterocycles. The molecule has 0 saturated carbocycles. The number of rotatable bonds is 19. The average Bonchev–Trinajstić information content (AvgIpc) is 2.73. The molecule has 5 heteroatoms. The average molecular weight is 486 g/mol. The standard InChI is InChI=1S/C25H44N2O2.BrH/c1-2-3-4-5-6-7-8-9-10-11-12-13-14-15-16-17-21-29-23-27-20-18-19-24(22-27)25(26)28;/h9-10,18-20H,2-8,11-17,21-23H2,1H3,(H2,26,28);1H. The molecule has 0 spiro atoms. The van der Waals surface area contributed by atoms with Crippen molar-refractivity contribution < 1.29 is 9.53 Å². The van der Waals surface area contributed by atoms with E-state index in [1.807, 2.05) is 17.2 Å². The van der Waals surface area contributed by atoms with E-state index in [0.29, 0.717) is 18.8 Å². The summed E-state index contributed by atoms with van der Waals surface area (Å²) >= 11 is 0. The number of primary amides is 1. The summed E-state index contributed by atoms with van der Waals surface area (Å²) in [6.45, 7) is 4.11. The number of halogens is 1. The first kappa shape index (κ1) is 28.9. The molecule has 0 bridgehead atoms. The Balaban J connectivity index is 0.00000841. The fourth-order valence-corrected chi connectivity index (χ4v) is 3.49. The van der Waals surface area contributed by atoms with Crippen LogP contribution in [0.2, 0.25) is 0 Å². The monoisotopic (exact) mass is 484 g/mol. The summed E-state index contributed by atoms with van der Waals surface area (Å²) in [7, 11) is 0. The van der Waals surface area contributed by atoms with Crippen molar-refractivity contribution in [1.29, 1.82) is 0 Å². The molecule has 0 aliphatic carbocycles. The fourth-order valence-electron chi connectivity index (χ4n) is 3.49. The molecule has 1 aliphatic rings. The number of nitrogens with two attached hydrogens (primary N) is 1. The first-order valence-corrected chi connectivity index (χ1v) is 11.9. The van der Waals surface area contributed by atoms with E-state index in [1.165, 1.54) is 83.5 Å². The van der Waals surface area contributed by atoms with Gasteiger partial charge in [-0.05, 0) is 38.2 Å². The predicted molar refractivity (Wildman–Crippen MR) is 134 cm³/mol. The van der Waals surface area contributed by atoms with Crippen molar-refractivity contribution in [3.05, 3.63) is 36.1 Å². The number of ether oxygens (including phenoxy) is 1. The van der Waals surface area contributed by atoms with E-state index >= 15 is 0 Å². The van der Waals surface area contributed by atoms with Crippen LogP contribution in [0.4, 0.5) is 0 Å². The summed E-state index contributed by atoms with van der Waals surface area (Å²) < 4.78 is 5.71. The van der Waals surface area contributed by atoms with Crippen molar-refractivity contribution in [2.75, 3.05) is 19.9 Å². The molecule has 0 saturated heterocycles. The van der Waals surface area contributed by atoms with Crippen LogP contribution < -0.4 is 5.73 Å². The Hall–Kier alpha value is -1.07. The van der Waals surface area contributed by atoms with Gasteiger partial charge in [0.1, 0.15) is 6.73 Å². The van der Waals surface area contributed by atoms with Crippen molar-refractivity contribution in [3.8, 4) is 0 Å². The number of carbonyl (C=O) groups excluding carboxylic acids is 1. The van der Waals surface area contributed by atoms with Crippen molar-refractivity contribution in [2.45, 2.75) is 96.8 Å². The molecule has 0 unspecified atom stereocenters. The van der Waals surface area contributed by atoms with Crippen LogP contribution in [0.5, 0.6) is 0 Å². The quantitative estimate of drug-likeness (QED) is 0.161. The van der Waals surface area contributed by atoms with Crippen LogP contribution >= 0.6 is 17.0 Å². The molecule has 0 atom stereocenters. The van der Waals surface area contributed by atoms with Gasteiger partial charge in [0.2, 0.25) is 5.91 Å². The Labute approximate surface area is 195 Å². The Bertz CT molecular complexity index is 503. The van der Waals surface area contributed by atoms with Gasteiger partial charge in [-0.3, -0.25) is 4.79 Å². The second-order valence-electron chi connectivity index (χ2n) is 8.12. The maximum atomic E-state index is 11.2. The lowest BCUT2D eigenvalue weighted by molar-refractivity contribution is -0.114. The van der Waals surface area contributed by atoms with E-state index in [2.05, 4.69) is 19.1 Å². The second-order valence-corrected chi connectivity index (χ2v) is 8.12. The van der Waals surface area contributed by atoms with E-state index in [9.17, 15) is 4.79 Å².